The number of aromatic amines is 1. The summed E-state index contributed by atoms with van der Waals surface area (Å²) in [4.78, 5) is 15.9. The molecule has 5 nitrogen and oxygen atoms in total. The third kappa shape index (κ3) is 1.82. The molecule has 0 bridgehead atoms. The predicted molar refractivity (Wildman–Crippen MR) is 68.3 cm³/mol. The predicted octanol–water partition coefficient (Wildman–Crippen LogP) is 2.21. The number of nitrogens with one attached hydrogen (secondary N) is 2. The van der Waals surface area contributed by atoms with E-state index in [0.29, 0.717) is 11.3 Å². The number of rotatable bonds is 2. The van der Waals surface area contributed by atoms with Gasteiger partial charge in [-0.1, -0.05) is 12.1 Å². The zero-order valence-corrected chi connectivity index (χ0v) is 9.42. The second-order valence-electron chi connectivity index (χ2n) is 3.84. The average Bonchev–Trinajstić information content (AvgIpc) is 2.89. The van der Waals surface area contributed by atoms with Gasteiger partial charge in [0.25, 0.3) is 5.91 Å². The molecule has 2 aromatic heterocycles. The number of carbonyl (C=O) groups is 1. The number of anilines is 1. The molecule has 2 heterocycles. The first kappa shape index (κ1) is 10.5. The van der Waals surface area contributed by atoms with Gasteiger partial charge in [-0.3, -0.25) is 14.9 Å². The monoisotopic (exact) mass is 238 g/mol. The molecule has 1 aromatic carbocycles. The lowest BCUT2D eigenvalue weighted by molar-refractivity contribution is 0.102. The summed E-state index contributed by atoms with van der Waals surface area (Å²) in [5.41, 5.74) is 2.04. The third-order valence-corrected chi connectivity index (χ3v) is 2.65. The van der Waals surface area contributed by atoms with Gasteiger partial charge in [0.1, 0.15) is 0 Å². The highest BCUT2D eigenvalue weighted by molar-refractivity contribution is 6.08. The lowest BCUT2D eigenvalue weighted by Crippen LogP contribution is -2.12. The van der Waals surface area contributed by atoms with E-state index in [1.807, 2.05) is 18.2 Å². The molecule has 0 aliphatic carbocycles. The first-order valence-electron chi connectivity index (χ1n) is 5.48. The number of carbonyl (C=O) groups excluding carboxylic acids is 1. The van der Waals surface area contributed by atoms with Crippen molar-refractivity contribution in [1.29, 1.82) is 0 Å². The molecule has 88 valence electrons. The van der Waals surface area contributed by atoms with Crippen LogP contribution in [0.15, 0.2) is 48.9 Å². The Morgan fingerprint density at radius 2 is 2.11 bits per heavy atom. The molecular weight excluding hydrogens is 228 g/mol. The highest BCUT2D eigenvalue weighted by Crippen LogP contribution is 2.20. The van der Waals surface area contributed by atoms with E-state index < -0.39 is 0 Å². The molecule has 0 spiro atoms. The minimum Gasteiger partial charge on any atom is -0.320 e. The smallest absolute Gasteiger partial charge is 0.257 e. The number of benzene rings is 1. The summed E-state index contributed by atoms with van der Waals surface area (Å²) in [6.45, 7) is 0. The number of fused-ring (bicyclic) bond motifs is 1. The molecule has 3 aromatic rings. The summed E-state index contributed by atoms with van der Waals surface area (Å²) < 4.78 is 0. The minimum absolute atomic E-state index is 0.190. The maximum Gasteiger partial charge on any atom is 0.257 e. The zero-order chi connectivity index (χ0) is 12.4. The summed E-state index contributed by atoms with van der Waals surface area (Å²) in [5.74, 6) is -0.190. The van der Waals surface area contributed by atoms with E-state index in [-0.39, 0.29) is 5.91 Å². The molecule has 0 unspecified atom stereocenters. The van der Waals surface area contributed by atoms with E-state index in [0.717, 1.165) is 10.9 Å². The van der Waals surface area contributed by atoms with Crippen molar-refractivity contribution in [2.24, 2.45) is 0 Å². The molecule has 18 heavy (non-hydrogen) atoms. The third-order valence-electron chi connectivity index (χ3n) is 2.65. The molecule has 0 fully saturated rings. The Kier molecular flexibility index (Phi) is 2.49. The van der Waals surface area contributed by atoms with Crippen LogP contribution in [-0.2, 0) is 0 Å². The van der Waals surface area contributed by atoms with Gasteiger partial charge in [0.2, 0.25) is 0 Å². The number of amides is 1. The molecular formula is C13H10N4O. The number of hydrogen-bond donors (Lipinski definition) is 2. The number of nitrogens with zero attached hydrogens (tertiary/aromatic N) is 2. The Balaban J connectivity index is 1.93. The first-order valence-corrected chi connectivity index (χ1v) is 5.48. The fraction of sp³-hybridized carbons (Fsp3) is 0. The molecule has 5 heteroatoms. The van der Waals surface area contributed by atoms with Crippen LogP contribution >= 0.6 is 0 Å². The van der Waals surface area contributed by atoms with Gasteiger partial charge in [0.05, 0.1) is 23.0 Å². The number of hydrogen-bond acceptors (Lipinski definition) is 3. The first-order chi connectivity index (χ1) is 8.84. The maximum absolute atomic E-state index is 12.0. The van der Waals surface area contributed by atoms with Crippen LogP contribution in [0.4, 0.5) is 5.69 Å². The fourth-order valence-corrected chi connectivity index (χ4v) is 1.76. The molecule has 0 saturated carbocycles. The Morgan fingerprint density at radius 1 is 1.17 bits per heavy atom. The van der Waals surface area contributed by atoms with Crippen LogP contribution in [0.1, 0.15) is 10.4 Å². The molecule has 0 radical (unpaired) electrons. The van der Waals surface area contributed by atoms with Crippen LogP contribution < -0.4 is 5.32 Å². The van der Waals surface area contributed by atoms with E-state index >= 15 is 0 Å². The van der Waals surface area contributed by atoms with Crippen molar-refractivity contribution >= 4 is 22.5 Å². The second-order valence-corrected chi connectivity index (χ2v) is 3.84. The highest BCUT2D eigenvalue weighted by Gasteiger charge is 2.08. The van der Waals surface area contributed by atoms with Crippen molar-refractivity contribution in [3.8, 4) is 0 Å². The fourth-order valence-electron chi connectivity index (χ4n) is 1.76. The van der Waals surface area contributed by atoms with Gasteiger partial charge in [-0.2, -0.15) is 5.10 Å². The zero-order valence-electron chi connectivity index (χ0n) is 9.42. The Bertz CT molecular complexity index is 690. The van der Waals surface area contributed by atoms with Crippen molar-refractivity contribution in [2.45, 2.75) is 0 Å². The van der Waals surface area contributed by atoms with E-state index in [9.17, 15) is 4.79 Å². The topological polar surface area (TPSA) is 70.7 Å². The van der Waals surface area contributed by atoms with Gasteiger partial charge < -0.3 is 5.32 Å². The molecule has 2 N–H and O–H groups in total. The van der Waals surface area contributed by atoms with E-state index in [1.54, 1.807) is 24.5 Å². The van der Waals surface area contributed by atoms with E-state index in [2.05, 4.69) is 20.5 Å². The van der Waals surface area contributed by atoms with Crippen molar-refractivity contribution in [1.82, 2.24) is 15.2 Å². The van der Waals surface area contributed by atoms with Crippen molar-refractivity contribution in [3.63, 3.8) is 0 Å². The Labute approximate surface area is 103 Å². The lowest BCUT2D eigenvalue weighted by atomic mass is 10.2. The molecule has 1 amide bonds. The number of H-pyrrole nitrogens is 1. The number of aromatic nitrogens is 3. The Hall–Kier alpha value is -2.69. The lowest BCUT2D eigenvalue weighted by Gasteiger charge is -2.05. The Morgan fingerprint density at radius 3 is 2.94 bits per heavy atom. The summed E-state index contributed by atoms with van der Waals surface area (Å²) in [7, 11) is 0. The van der Waals surface area contributed by atoms with Gasteiger partial charge in [-0.05, 0) is 18.2 Å². The largest absolute Gasteiger partial charge is 0.320 e. The van der Waals surface area contributed by atoms with Crippen LogP contribution in [0.2, 0.25) is 0 Å². The van der Waals surface area contributed by atoms with E-state index in [1.165, 1.54) is 6.20 Å². The van der Waals surface area contributed by atoms with Gasteiger partial charge in [0.15, 0.2) is 0 Å². The van der Waals surface area contributed by atoms with Crippen LogP contribution in [0.25, 0.3) is 10.9 Å². The summed E-state index contributed by atoms with van der Waals surface area (Å²) in [6, 6.07) is 9.07. The van der Waals surface area contributed by atoms with Gasteiger partial charge in [-0.15, -0.1) is 0 Å². The molecule has 0 atom stereocenters. The van der Waals surface area contributed by atoms with E-state index in [4.69, 9.17) is 0 Å². The van der Waals surface area contributed by atoms with Crippen molar-refractivity contribution in [3.05, 3.63) is 54.5 Å². The second kappa shape index (κ2) is 4.29. The van der Waals surface area contributed by atoms with Crippen LogP contribution in [-0.4, -0.2) is 21.1 Å². The normalized spacial score (nSPS) is 10.4. The molecule has 0 saturated heterocycles. The summed E-state index contributed by atoms with van der Waals surface area (Å²) in [5, 5.41) is 10.6. The SMILES string of the molecule is O=C(Nc1cccc2cn[nH]c12)c1cccnc1. The number of pyridine rings is 1. The highest BCUT2D eigenvalue weighted by atomic mass is 16.1. The maximum atomic E-state index is 12.0. The van der Waals surface area contributed by atoms with Crippen LogP contribution in [0.3, 0.4) is 0 Å². The number of para-hydroxylation sites is 1. The molecule has 0 aliphatic heterocycles. The molecule has 3 rings (SSSR count). The van der Waals surface area contributed by atoms with Crippen molar-refractivity contribution < 1.29 is 4.79 Å². The average molecular weight is 238 g/mol. The quantitative estimate of drug-likeness (QED) is 0.719. The van der Waals surface area contributed by atoms with Gasteiger partial charge >= 0.3 is 0 Å². The van der Waals surface area contributed by atoms with Crippen LogP contribution in [0, 0.1) is 0 Å². The van der Waals surface area contributed by atoms with Gasteiger partial charge in [0, 0.05) is 17.8 Å². The summed E-state index contributed by atoms with van der Waals surface area (Å²) in [6.07, 6.45) is 4.88. The molecule has 0 aliphatic rings. The van der Waals surface area contributed by atoms with Gasteiger partial charge in [-0.25, -0.2) is 0 Å². The summed E-state index contributed by atoms with van der Waals surface area (Å²) >= 11 is 0. The van der Waals surface area contributed by atoms with Crippen molar-refractivity contribution in [2.75, 3.05) is 5.32 Å². The van der Waals surface area contributed by atoms with Crippen LogP contribution in [0.5, 0.6) is 0 Å². The minimum atomic E-state index is -0.190. The standard InChI is InChI=1S/C13H10N4O/c18-13(10-4-2-6-14-7-10)16-11-5-1-3-9-8-15-17-12(9)11/h1-8H,(H,15,17)(H,16,18).